The van der Waals surface area contributed by atoms with E-state index in [2.05, 4.69) is 4.72 Å². The number of anilines is 1. The molecule has 0 saturated carbocycles. The van der Waals surface area contributed by atoms with Crippen LogP contribution in [0.2, 0.25) is 0 Å². The molecule has 0 aliphatic rings. The Balaban J connectivity index is 3.08. The zero-order valence-corrected chi connectivity index (χ0v) is 9.84. The van der Waals surface area contributed by atoms with E-state index in [1.54, 1.807) is 6.92 Å². The molecule has 0 fully saturated rings. The predicted octanol–water partition coefficient (Wildman–Crippen LogP) is 1.33. The second-order valence-electron chi connectivity index (χ2n) is 3.13. The summed E-state index contributed by atoms with van der Waals surface area (Å²) >= 11 is 0. The van der Waals surface area contributed by atoms with Gasteiger partial charge in [0.25, 0.3) is 0 Å². The molecule has 0 amide bonds. The van der Waals surface area contributed by atoms with Gasteiger partial charge in [0.05, 0.1) is 24.1 Å². The minimum absolute atomic E-state index is 0.374. The largest absolute Gasteiger partial charge is 0.492 e. The summed E-state index contributed by atoms with van der Waals surface area (Å²) in [6, 6.07) is 6.49. The number of ether oxygens (including phenoxy) is 1. The molecule has 0 aliphatic heterocycles. The normalized spacial score (nSPS) is 10.6. The molecule has 86 valence electrons. The molecule has 0 bridgehead atoms. The highest BCUT2D eigenvalue weighted by Gasteiger charge is 2.07. The van der Waals surface area contributed by atoms with Gasteiger partial charge in [-0.15, -0.1) is 0 Å². The van der Waals surface area contributed by atoms with Crippen molar-refractivity contribution in [2.24, 2.45) is 0 Å². The Bertz CT molecular complexity index is 517. The second-order valence-corrected chi connectivity index (χ2v) is 4.88. The van der Waals surface area contributed by atoms with Gasteiger partial charge in [0.15, 0.2) is 0 Å². The van der Waals surface area contributed by atoms with Crippen molar-refractivity contribution in [3.63, 3.8) is 0 Å². The van der Waals surface area contributed by atoms with Crippen molar-refractivity contribution in [3.05, 3.63) is 23.8 Å². The summed E-state index contributed by atoms with van der Waals surface area (Å²) in [6.07, 6.45) is 1.06. The van der Waals surface area contributed by atoms with Crippen molar-refractivity contribution in [1.29, 1.82) is 5.26 Å². The van der Waals surface area contributed by atoms with E-state index >= 15 is 0 Å². The van der Waals surface area contributed by atoms with Gasteiger partial charge in [-0.25, -0.2) is 8.42 Å². The highest BCUT2D eigenvalue weighted by Crippen LogP contribution is 2.23. The standard InChI is InChI=1S/C10H12N2O3S/c1-3-15-10-6-9(12-16(2,13)14)5-4-8(10)7-11/h4-6,12H,3H2,1-2H3. The SMILES string of the molecule is CCOc1cc(NS(C)(=O)=O)ccc1C#N. The summed E-state index contributed by atoms with van der Waals surface area (Å²) in [4.78, 5) is 0. The fraction of sp³-hybridized carbons (Fsp3) is 0.300. The lowest BCUT2D eigenvalue weighted by molar-refractivity contribution is 0.339. The van der Waals surface area contributed by atoms with Crippen LogP contribution in [0.3, 0.4) is 0 Å². The van der Waals surface area contributed by atoms with Gasteiger partial charge < -0.3 is 4.74 Å². The summed E-state index contributed by atoms with van der Waals surface area (Å²) in [5.41, 5.74) is 0.755. The lowest BCUT2D eigenvalue weighted by Gasteiger charge is -2.08. The van der Waals surface area contributed by atoms with Gasteiger partial charge in [0.1, 0.15) is 11.8 Å². The van der Waals surface area contributed by atoms with Gasteiger partial charge in [-0.3, -0.25) is 4.72 Å². The van der Waals surface area contributed by atoms with E-state index in [9.17, 15) is 8.42 Å². The van der Waals surface area contributed by atoms with Crippen LogP contribution in [-0.4, -0.2) is 21.3 Å². The zero-order chi connectivity index (χ0) is 12.2. The predicted molar refractivity (Wildman–Crippen MR) is 60.8 cm³/mol. The summed E-state index contributed by atoms with van der Waals surface area (Å²) in [5, 5.41) is 8.80. The van der Waals surface area contributed by atoms with Crippen molar-refractivity contribution in [3.8, 4) is 11.8 Å². The molecule has 0 aromatic heterocycles. The van der Waals surface area contributed by atoms with Crippen LogP contribution in [0.25, 0.3) is 0 Å². The summed E-state index contributed by atoms with van der Waals surface area (Å²) in [7, 11) is -3.32. The van der Waals surface area contributed by atoms with Crippen LogP contribution in [-0.2, 0) is 10.0 Å². The molecule has 1 aromatic rings. The highest BCUT2D eigenvalue weighted by molar-refractivity contribution is 7.92. The van der Waals surface area contributed by atoms with Gasteiger partial charge in [-0.05, 0) is 19.1 Å². The maximum Gasteiger partial charge on any atom is 0.229 e. The number of nitrogens with zero attached hydrogens (tertiary/aromatic N) is 1. The Kier molecular flexibility index (Phi) is 3.74. The Morgan fingerprint density at radius 1 is 1.50 bits per heavy atom. The summed E-state index contributed by atoms with van der Waals surface area (Å²) in [5.74, 6) is 0.374. The first-order valence-electron chi connectivity index (χ1n) is 4.61. The van der Waals surface area contributed by atoms with Crippen LogP contribution in [0.15, 0.2) is 18.2 Å². The van der Waals surface area contributed by atoms with Crippen LogP contribution < -0.4 is 9.46 Å². The van der Waals surface area contributed by atoms with E-state index in [4.69, 9.17) is 10.00 Å². The maximum absolute atomic E-state index is 11.0. The van der Waals surface area contributed by atoms with Crippen LogP contribution in [0.4, 0.5) is 5.69 Å². The minimum Gasteiger partial charge on any atom is -0.492 e. The number of sulfonamides is 1. The van der Waals surface area contributed by atoms with Crippen molar-refractivity contribution < 1.29 is 13.2 Å². The van der Waals surface area contributed by atoms with Crippen LogP contribution in [0.5, 0.6) is 5.75 Å². The topological polar surface area (TPSA) is 79.2 Å². The molecule has 0 saturated heterocycles. The van der Waals surface area contributed by atoms with Crippen LogP contribution >= 0.6 is 0 Å². The average molecular weight is 240 g/mol. The smallest absolute Gasteiger partial charge is 0.229 e. The Labute approximate surface area is 94.7 Å². The van der Waals surface area contributed by atoms with E-state index in [1.165, 1.54) is 18.2 Å². The lowest BCUT2D eigenvalue weighted by Crippen LogP contribution is -2.09. The molecule has 0 aliphatic carbocycles. The number of nitriles is 1. The molecular formula is C10H12N2O3S. The maximum atomic E-state index is 11.0. The van der Waals surface area contributed by atoms with E-state index in [0.717, 1.165) is 6.26 Å². The lowest BCUT2D eigenvalue weighted by atomic mass is 10.2. The molecule has 0 unspecified atom stereocenters. The third-order valence-electron chi connectivity index (χ3n) is 1.71. The first-order chi connectivity index (χ1) is 7.46. The molecule has 0 atom stereocenters. The minimum atomic E-state index is -3.32. The molecule has 5 nitrogen and oxygen atoms in total. The van der Waals surface area contributed by atoms with E-state index in [0.29, 0.717) is 23.6 Å². The molecule has 0 radical (unpaired) electrons. The zero-order valence-electron chi connectivity index (χ0n) is 9.02. The fourth-order valence-electron chi connectivity index (χ4n) is 1.17. The van der Waals surface area contributed by atoms with Crippen molar-refractivity contribution >= 4 is 15.7 Å². The molecular weight excluding hydrogens is 228 g/mol. The van der Waals surface area contributed by atoms with Crippen LogP contribution in [0.1, 0.15) is 12.5 Å². The molecule has 1 rings (SSSR count). The fourth-order valence-corrected chi connectivity index (χ4v) is 1.72. The van der Waals surface area contributed by atoms with E-state index in [1.807, 2.05) is 6.07 Å². The Morgan fingerprint density at radius 2 is 2.19 bits per heavy atom. The molecule has 16 heavy (non-hydrogen) atoms. The highest BCUT2D eigenvalue weighted by atomic mass is 32.2. The first kappa shape index (κ1) is 12.3. The second kappa shape index (κ2) is 4.86. The van der Waals surface area contributed by atoms with Crippen molar-refractivity contribution in [2.75, 3.05) is 17.6 Å². The van der Waals surface area contributed by atoms with E-state index in [-0.39, 0.29) is 0 Å². The first-order valence-corrected chi connectivity index (χ1v) is 6.50. The van der Waals surface area contributed by atoms with Gasteiger partial charge in [-0.2, -0.15) is 5.26 Å². The number of hydrogen-bond donors (Lipinski definition) is 1. The van der Waals surface area contributed by atoms with Crippen molar-refractivity contribution in [1.82, 2.24) is 0 Å². The molecule has 1 aromatic carbocycles. The van der Waals surface area contributed by atoms with Crippen LogP contribution in [0, 0.1) is 11.3 Å². The quantitative estimate of drug-likeness (QED) is 0.861. The number of nitrogens with one attached hydrogen (secondary N) is 1. The third-order valence-corrected chi connectivity index (χ3v) is 2.31. The van der Waals surface area contributed by atoms with Gasteiger partial charge >= 0.3 is 0 Å². The van der Waals surface area contributed by atoms with Gasteiger partial charge in [0.2, 0.25) is 10.0 Å². The van der Waals surface area contributed by atoms with E-state index < -0.39 is 10.0 Å². The third kappa shape index (κ3) is 3.44. The Hall–Kier alpha value is -1.74. The molecule has 6 heteroatoms. The monoisotopic (exact) mass is 240 g/mol. The Morgan fingerprint density at radius 3 is 2.69 bits per heavy atom. The molecule has 1 N–H and O–H groups in total. The number of rotatable bonds is 4. The number of hydrogen-bond acceptors (Lipinski definition) is 4. The summed E-state index contributed by atoms with van der Waals surface area (Å²) < 4.78 is 29.6. The van der Waals surface area contributed by atoms with Gasteiger partial charge in [0, 0.05) is 6.07 Å². The average Bonchev–Trinajstić information content (AvgIpc) is 2.16. The number of benzene rings is 1. The van der Waals surface area contributed by atoms with Gasteiger partial charge in [-0.1, -0.05) is 0 Å². The molecule has 0 spiro atoms. The van der Waals surface area contributed by atoms with Crippen molar-refractivity contribution in [2.45, 2.75) is 6.92 Å². The summed E-state index contributed by atoms with van der Waals surface area (Å²) in [6.45, 7) is 2.20. The molecule has 0 heterocycles.